The molecule has 1 rings (SSSR count). The summed E-state index contributed by atoms with van der Waals surface area (Å²) in [5.41, 5.74) is 5.50. The Balaban J connectivity index is 2.34. The van der Waals surface area contributed by atoms with Crippen molar-refractivity contribution in [2.24, 2.45) is 11.7 Å². The Labute approximate surface area is 111 Å². The topological polar surface area (TPSA) is 58.4 Å². The molecule has 1 aliphatic rings. The smallest absolute Gasteiger partial charge is 0.346 e. The lowest BCUT2D eigenvalue weighted by molar-refractivity contribution is -0.141. The number of nitrogens with zero attached hydrogens (tertiary/aromatic N) is 1. The van der Waals surface area contributed by atoms with Crippen LogP contribution in [0.3, 0.4) is 0 Å². The number of nitrogens with one attached hydrogen (secondary N) is 1. The van der Waals surface area contributed by atoms with Crippen LogP contribution in [-0.2, 0) is 4.79 Å². The van der Waals surface area contributed by atoms with Gasteiger partial charge in [0.05, 0.1) is 6.04 Å². The van der Waals surface area contributed by atoms with Crippen LogP contribution in [0.2, 0.25) is 0 Å². The highest BCUT2D eigenvalue weighted by molar-refractivity contribution is 5.81. The van der Waals surface area contributed by atoms with Crippen molar-refractivity contribution in [2.75, 3.05) is 26.2 Å². The summed E-state index contributed by atoms with van der Waals surface area (Å²) in [4.78, 5) is 13.6. The fraction of sp³-hybridized carbons (Fsp3) is 0.917. The van der Waals surface area contributed by atoms with E-state index in [4.69, 9.17) is 5.73 Å². The lowest BCUT2D eigenvalue weighted by Crippen LogP contribution is -2.49. The quantitative estimate of drug-likeness (QED) is 0.794. The van der Waals surface area contributed by atoms with E-state index in [1.54, 1.807) is 6.92 Å². The summed E-state index contributed by atoms with van der Waals surface area (Å²) in [7, 11) is 0. The number of nitrogens with two attached hydrogens (primary N) is 1. The van der Waals surface area contributed by atoms with Gasteiger partial charge in [0.1, 0.15) is 6.54 Å². The van der Waals surface area contributed by atoms with Gasteiger partial charge >= 0.3 is 6.18 Å². The Morgan fingerprint density at radius 1 is 1.42 bits per heavy atom. The molecule has 0 spiro atoms. The molecule has 0 aliphatic carbocycles. The average Bonchev–Trinajstić information content (AvgIpc) is 2.35. The maximum Gasteiger partial charge on any atom is 0.405 e. The van der Waals surface area contributed by atoms with Crippen LogP contribution in [0, 0.1) is 5.92 Å². The molecule has 1 atom stereocenters. The van der Waals surface area contributed by atoms with Gasteiger partial charge in [0.15, 0.2) is 0 Å². The zero-order valence-corrected chi connectivity index (χ0v) is 11.2. The molecule has 112 valence electrons. The van der Waals surface area contributed by atoms with Gasteiger partial charge in [0.25, 0.3) is 0 Å². The second-order valence-corrected chi connectivity index (χ2v) is 5.07. The second-order valence-electron chi connectivity index (χ2n) is 5.07. The van der Waals surface area contributed by atoms with Crippen LogP contribution in [0.25, 0.3) is 0 Å². The first-order valence-corrected chi connectivity index (χ1v) is 6.62. The molecule has 0 aromatic rings. The van der Waals surface area contributed by atoms with Crippen molar-refractivity contribution < 1.29 is 18.0 Å². The third kappa shape index (κ3) is 5.78. The van der Waals surface area contributed by atoms with Crippen LogP contribution in [-0.4, -0.2) is 49.2 Å². The van der Waals surface area contributed by atoms with E-state index in [0.29, 0.717) is 12.5 Å². The minimum Gasteiger partial charge on any atom is -0.346 e. The van der Waals surface area contributed by atoms with Gasteiger partial charge in [-0.15, -0.1) is 0 Å². The largest absolute Gasteiger partial charge is 0.405 e. The molecule has 1 saturated heterocycles. The molecule has 1 heterocycles. The Bertz CT molecular complexity index is 288. The Morgan fingerprint density at radius 3 is 2.47 bits per heavy atom. The minimum atomic E-state index is -4.36. The fourth-order valence-corrected chi connectivity index (χ4v) is 2.37. The number of carbonyl (C=O) groups excluding carboxylic acids is 1. The van der Waals surface area contributed by atoms with Crippen LogP contribution in [0.5, 0.6) is 0 Å². The molecule has 1 unspecified atom stereocenters. The third-order valence-electron chi connectivity index (χ3n) is 3.61. The van der Waals surface area contributed by atoms with E-state index < -0.39 is 24.7 Å². The third-order valence-corrected chi connectivity index (χ3v) is 3.61. The average molecular weight is 281 g/mol. The SMILES string of the molecule is CC(C(=O)NCC(F)(F)F)N1CCC(CCN)CC1. The first-order chi connectivity index (χ1) is 8.83. The Morgan fingerprint density at radius 2 is 2.00 bits per heavy atom. The first-order valence-electron chi connectivity index (χ1n) is 6.62. The molecule has 7 heteroatoms. The summed E-state index contributed by atoms with van der Waals surface area (Å²) in [6.07, 6.45) is -1.48. The van der Waals surface area contributed by atoms with E-state index >= 15 is 0 Å². The van der Waals surface area contributed by atoms with Crippen LogP contribution in [0.4, 0.5) is 13.2 Å². The van der Waals surface area contributed by atoms with Crippen molar-refractivity contribution in [2.45, 2.75) is 38.4 Å². The van der Waals surface area contributed by atoms with Crippen molar-refractivity contribution in [3.63, 3.8) is 0 Å². The van der Waals surface area contributed by atoms with Crippen molar-refractivity contribution in [1.29, 1.82) is 0 Å². The summed E-state index contributed by atoms with van der Waals surface area (Å²) in [6.45, 7) is 2.53. The lowest BCUT2D eigenvalue weighted by atomic mass is 9.93. The van der Waals surface area contributed by atoms with Gasteiger partial charge in [-0.2, -0.15) is 13.2 Å². The molecule has 0 aromatic heterocycles. The van der Waals surface area contributed by atoms with E-state index in [1.165, 1.54) is 0 Å². The number of hydrogen-bond acceptors (Lipinski definition) is 3. The number of rotatable bonds is 5. The molecule has 0 aromatic carbocycles. The molecule has 1 aliphatic heterocycles. The highest BCUT2D eigenvalue weighted by Gasteiger charge is 2.31. The van der Waals surface area contributed by atoms with Crippen LogP contribution < -0.4 is 11.1 Å². The monoisotopic (exact) mass is 281 g/mol. The number of hydrogen-bond donors (Lipinski definition) is 2. The van der Waals surface area contributed by atoms with Crippen molar-refractivity contribution in [1.82, 2.24) is 10.2 Å². The van der Waals surface area contributed by atoms with Crippen molar-refractivity contribution >= 4 is 5.91 Å². The number of alkyl halides is 3. The zero-order chi connectivity index (χ0) is 14.5. The van der Waals surface area contributed by atoms with Crippen LogP contribution >= 0.6 is 0 Å². The normalized spacial score (nSPS) is 20.3. The molecule has 0 radical (unpaired) electrons. The highest BCUT2D eigenvalue weighted by atomic mass is 19.4. The predicted octanol–water partition coefficient (Wildman–Crippen LogP) is 1.11. The first kappa shape index (κ1) is 16.2. The zero-order valence-electron chi connectivity index (χ0n) is 11.2. The van der Waals surface area contributed by atoms with Gasteiger partial charge in [-0.05, 0) is 51.7 Å². The summed E-state index contributed by atoms with van der Waals surface area (Å²) in [6, 6.07) is -0.513. The van der Waals surface area contributed by atoms with Crippen LogP contribution in [0.15, 0.2) is 0 Å². The molecule has 19 heavy (non-hydrogen) atoms. The van der Waals surface area contributed by atoms with Gasteiger partial charge in [0, 0.05) is 0 Å². The van der Waals surface area contributed by atoms with Crippen LogP contribution in [0.1, 0.15) is 26.2 Å². The standard InChI is InChI=1S/C12H22F3N3O/c1-9(11(19)17-8-12(13,14)15)18-6-3-10(2-5-16)4-7-18/h9-10H,2-8,16H2,1H3,(H,17,19). The molecule has 4 nitrogen and oxygen atoms in total. The summed E-state index contributed by atoms with van der Waals surface area (Å²) >= 11 is 0. The van der Waals surface area contributed by atoms with E-state index in [9.17, 15) is 18.0 Å². The molecule has 3 N–H and O–H groups in total. The summed E-state index contributed by atoms with van der Waals surface area (Å²) in [5.74, 6) is 0.0151. The fourth-order valence-electron chi connectivity index (χ4n) is 2.37. The second kappa shape index (κ2) is 7.09. The van der Waals surface area contributed by atoms with Gasteiger partial charge in [0.2, 0.25) is 5.91 Å². The number of amides is 1. The Hall–Kier alpha value is -0.820. The van der Waals surface area contributed by atoms with E-state index in [-0.39, 0.29) is 0 Å². The van der Waals surface area contributed by atoms with E-state index in [0.717, 1.165) is 32.4 Å². The van der Waals surface area contributed by atoms with Gasteiger partial charge in [-0.1, -0.05) is 0 Å². The van der Waals surface area contributed by atoms with Gasteiger partial charge < -0.3 is 11.1 Å². The lowest BCUT2D eigenvalue weighted by Gasteiger charge is -2.35. The molecule has 1 fully saturated rings. The van der Waals surface area contributed by atoms with Crippen molar-refractivity contribution in [3.8, 4) is 0 Å². The molecule has 0 saturated carbocycles. The number of likely N-dealkylation sites (tertiary alicyclic amines) is 1. The Kier molecular flexibility index (Phi) is 6.06. The van der Waals surface area contributed by atoms with E-state index in [2.05, 4.69) is 0 Å². The van der Waals surface area contributed by atoms with E-state index in [1.807, 2.05) is 10.2 Å². The minimum absolute atomic E-state index is 0.513. The number of halogens is 3. The maximum atomic E-state index is 12.0. The van der Waals surface area contributed by atoms with Gasteiger partial charge in [-0.3, -0.25) is 9.69 Å². The molecule has 1 amide bonds. The molecule has 0 bridgehead atoms. The summed E-state index contributed by atoms with van der Waals surface area (Å²) in [5, 5.41) is 1.93. The summed E-state index contributed by atoms with van der Waals surface area (Å²) < 4.78 is 36.1. The predicted molar refractivity (Wildman–Crippen MR) is 66.5 cm³/mol. The maximum absolute atomic E-state index is 12.0. The number of piperidine rings is 1. The molecular weight excluding hydrogens is 259 g/mol. The molecular formula is C12H22F3N3O. The van der Waals surface area contributed by atoms with Crippen molar-refractivity contribution in [3.05, 3.63) is 0 Å². The number of carbonyl (C=O) groups is 1. The van der Waals surface area contributed by atoms with Gasteiger partial charge in [-0.25, -0.2) is 0 Å². The highest BCUT2D eigenvalue weighted by Crippen LogP contribution is 2.21.